The quantitative estimate of drug-likeness (QED) is 0.645. The highest BCUT2D eigenvalue weighted by atomic mass is 32.1. The number of aryl methyl sites for hydroxylation is 2. The molecule has 13 heavy (non-hydrogen) atoms. The maximum atomic E-state index is 13.6. The largest absolute Gasteiger partial charge is 0.205 e. The summed E-state index contributed by atoms with van der Waals surface area (Å²) in [5.74, 6) is -0.0220. The summed E-state index contributed by atoms with van der Waals surface area (Å²) in [6.07, 6.45) is 0.782. The van der Waals surface area contributed by atoms with E-state index < -0.39 is 0 Å². The van der Waals surface area contributed by atoms with Gasteiger partial charge in [0.1, 0.15) is 5.82 Å². The maximum Gasteiger partial charge on any atom is 0.144 e. The number of rotatable bonds is 1. The van der Waals surface area contributed by atoms with Crippen molar-refractivity contribution in [3.8, 4) is 0 Å². The van der Waals surface area contributed by atoms with Crippen LogP contribution in [0.2, 0.25) is 0 Å². The van der Waals surface area contributed by atoms with Gasteiger partial charge in [0, 0.05) is 15.0 Å². The second kappa shape index (κ2) is 3.11. The summed E-state index contributed by atoms with van der Waals surface area (Å²) in [6.45, 7) is 3.98. The van der Waals surface area contributed by atoms with Crippen LogP contribution in [0.1, 0.15) is 17.4 Å². The van der Waals surface area contributed by atoms with Crippen molar-refractivity contribution in [2.24, 2.45) is 0 Å². The average Bonchev–Trinajstić information content (AvgIpc) is 2.44. The lowest BCUT2D eigenvalue weighted by atomic mass is 10.2. The molecule has 0 bridgehead atoms. The van der Waals surface area contributed by atoms with E-state index in [9.17, 15) is 4.39 Å². The van der Waals surface area contributed by atoms with Crippen LogP contribution in [-0.2, 0) is 6.42 Å². The van der Waals surface area contributed by atoms with Crippen LogP contribution in [-0.4, -0.2) is 0 Å². The lowest BCUT2D eigenvalue weighted by Crippen LogP contribution is -1.78. The number of hydrogen-bond donors (Lipinski definition) is 0. The molecule has 1 aromatic heterocycles. The highest BCUT2D eigenvalue weighted by Crippen LogP contribution is 2.30. The number of hydrogen-bond acceptors (Lipinski definition) is 1. The molecule has 2 aromatic rings. The molecular formula is C11H11FS. The molecule has 0 aliphatic rings. The van der Waals surface area contributed by atoms with Crippen LogP contribution in [0, 0.1) is 12.7 Å². The number of fused-ring (bicyclic) bond motifs is 1. The van der Waals surface area contributed by atoms with E-state index in [1.807, 2.05) is 32.0 Å². The summed E-state index contributed by atoms with van der Waals surface area (Å²) in [6, 6.07) is 5.94. The Morgan fingerprint density at radius 2 is 2.15 bits per heavy atom. The lowest BCUT2D eigenvalue weighted by Gasteiger charge is -1.91. The molecule has 0 aliphatic heterocycles. The van der Waals surface area contributed by atoms with Gasteiger partial charge in [0.15, 0.2) is 0 Å². The first-order chi connectivity index (χ1) is 6.22. The van der Waals surface area contributed by atoms with E-state index in [1.165, 1.54) is 0 Å². The normalized spacial score (nSPS) is 11.0. The summed E-state index contributed by atoms with van der Waals surface area (Å²) >= 11 is 1.56. The van der Waals surface area contributed by atoms with E-state index in [0.29, 0.717) is 0 Å². The van der Waals surface area contributed by atoms with Gasteiger partial charge in [-0.05, 0) is 25.5 Å². The molecule has 0 unspecified atom stereocenters. The first-order valence-electron chi connectivity index (χ1n) is 4.40. The Morgan fingerprint density at radius 1 is 1.38 bits per heavy atom. The van der Waals surface area contributed by atoms with Crippen molar-refractivity contribution in [2.45, 2.75) is 20.3 Å². The molecule has 1 heterocycles. The van der Waals surface area contributed by atoms with E-state index in [1.54, 1.807) is 11.3 Å². The zero-order chi connectivity index (χ0) is 9.42. The molecule has 2 rings (SSSR count). The van der Waals surface area contributed by atoms with E-state index in [2.05, 4.69) is 0 Å². The van der Waals surface area contributed by atoms with Crippen molar-refractivity contribution in [3.63, 3.8) is 0 Å². The first kappa shape index (κ1) is 8.70. The molecule has 0 saturated carbocycles. The number of halogens is 1. The highest BCUT2D eigenvalue weighted by Gasteiger charge is 2.09. The molecular weight excluding hydrogens is 183 g/mol. The van der Waals surface area contributed by atoms with Gasteiger partial charge in [0.25, 0.3) is 0 Å². The van der Waals surface area contributed by atoms with E-state index in [4.69, 9.17) is 0 Å². The minimum atomic E-state index is -0.0220. The minimum absolute atomic E-state index is 0.0220. The number of benzene rings is 1. The molecule has 0 saturated heterocycles. The SMILES string of the molecule is CCc1sc2ccc(C)cc2c1F. The second-order valence-electron chi connectivity index (χ2n) is 3.19. The summed E-state index contributed by atoms with van der Waals surface area (Å²) in [5, 5.41) is 0.779. The van der Waals surface area contributed by atoms with Crippen LogP contribution in [0.3, 0.4) is 0 Å². The van der Waals surface area contributed by atoms with Gasteiger partial charge in [0.05, 0.1) is 0 Å². The topological polar surface area (TPSA) is 0 Å². The Hall–Kier alpha value is -0.890. The van der Waals surface area contributed by atoms with Crippen molar-refractivity contribution < 1.29 is 4.39 Å². The Morgan fingerprint density at radius 3 is 2.85 bits per heavy atom. The van der Waals surface area contributed by atoms with E-state index in [-0.39, 0.29) is 5.82 Å². The molecule has 68 valence electrons. The molecule has 0 nitrogen and oxygen atoms in total. The Labute approximate surface area is 81.0 Å². The van der Waals surface area contributed by atoms with Crippen molar-refractivity contribution >= 4 is 21.4 Å². The summed E-state index contributed by atoms with van der Waals surface area (Å²) in [4.78, 5) is 0.862. The van der Waals surface area contributed by atoms with Gasteiger partial charge in [-0.15, -0.1) is 11.3 Å². The van der Waals surface area contributed by atoms with Gasteiger partial charge in [0.2, 0.25) is 0 Å². The van der Waals surface area contributed by atoms with Crippen LogP contribution >= 0.6 is 11.3 Å². The maximum absolute atomic E-state index is 13.6. The van der Waals surface area contributed by atoms with Crippen LogP contribution in [0.25, 0.3) is 10.1 Å². The van der Waals surface area contributed by atoms with Gasteiger partial charge in [-0.2, -0.15) is 0 Å². The summed E-state index contributed by atoms with van der Waals surface area (Å²) < 4.78 is 14.7. The standard InChI is InChI=1S/C11H11FS/c1-3-9-11(12)8-6-7(2)4-5-10(8)13-9/h4-6H,3H2,1-2H3. The van der Waals surface area contributed by atoms with Crippen LogP contribution in [0.4, 0.5) is 4.39 Å². The Kier molecular flexibility index (Phi) is 2.08. The van der Waals surface area contributed by atoms with Gasteiger partial charge in [-0.1, -0.05) is 18.6 Å². The fraction of sp³-hybridized carbons (Fsp3) is 0.273. The highest BCUT2D eigenvalue weighted by molar-refractivity contribution is 7.19. The predicted octanol–water partition coefficient (Wildman–Crippen LogP) is 3.91. The molecule has 0 atom stereocenters. The summed E-state index contributed by atoms with van der Waals surface area (Å²) in [7, 11) is 0. The number of thiophene rings is 1. The molecule has 0 fully saturated rings. The zero-order valence-corrected chi connectivity index (χ0v) is 8.54. The van der Waals surface area contributed by atoms with Crippen LogP contribution in [0.5, 0.6) is 0 Å². The van der Waals surface area contributed by atoms with E-state index in [0.717, 1.165) is 26.9 Å². The fourth-order valence-corrected chi connectivity index (χ4v) is 2.46. The third kappa shape index (κ3) is 1.35. The van der Waals surface area contributed by atoms with Crippen molar-refractivity contribution in [1.82, 2.24) is 0 Å². The molecule has 0 spiro atoms. The van der Waals surface area contributed by atoms with E-state index >= 15 is 0 Å². The lowest BCUT2D eigenvalue weighted by molar-refractivity contribution is 0.631. The average molecular weight is 194 g/mol. The first-order valence-corrected chi connectivity index (χ1v) is 5.21. The van der Waals surface area contributed by atoms with Crippen LogP contribution in [0.15, 0.2) is 18.2 Å². The third-order valence-electron chi connectivity index (χ3n) is 2.17. The molecule has 0 aliphatic carbocycles. The second-order valence-corrected chi connectivity index (χ2v) is 4.33. The summed E-state index contributed by atoms with van der Waals surface area (Å²) in [5.41, 5.74) is 1.12. The van der Waals surface area contributed by atoms with Gasteiger partial charge < -0.3 is 0 Å². The van der Waals surface area contributed by atoms with Crippen molar-refractivity contribution in [3.05, 3.63) is 34.5 Å². The molecule has 0 N–H and O–H groups in total. The Bertz CT molecular complexity index is 443. The van der Waals surface area contributed by atoms with Gasteiger partial charge in [-0.25, -0.2) is 4.39 Å². The van der Waals surface area contributed by atoms with Gasteiger partial charge >= 0.3 is 0 Å². The van der Waals surface area contributed by atoms with Gasteiger partial charge in [-0.3, -0.25) is 0 Å². The molecule has 1 aromatic carbocycles. The van der Waals surface area contributed by atoms with Crippen molar-refractivity contribution in [1.29, 1.82) is 0 Å². The monoisotopic (exact) mass is 194 g/mol. The molecule has 0 radical (unpaired) electrons. The Balaban J connectivity index is 2.77. The zero-order valence-electron chi connectivity index (χ0n) is 7.73. The third-order valence-corrected chi connectivity index (χ3v) is 3.46. The minimum Gasteiger partial charge on any atom is -0.205 e. The molecule has 0 amide bonds. The predicted molar refractivity (Wildman–Crippen MR) is 55.9 cm³/mol. The van der Waals surface area contributed by atoms with Crippen molar-refractivity contribution in [2.75, 3.05) is 0 Å². The van der Waals surface area contributed by atoms with Crippen LogP contribution < -0.4 is 0 Å². The fourth-order valence-electron chi connectivity index (χ4n) is 1.46. The molecule has 2 heteroatoms. The smallest absolute Gasteiger partial charge is 0.144 e.